The first-order valence-electron chi connectivity index (χ1n) is 21.9. The highest BCUT2D eigenvalue weighted by molar-refractivity contribution is 6.23. The van der Waals surface area contributed by atoms with Crippen molar-refractivity contribution >= 4 is 54.5 Å². The van der Waals surface area contributed by atoms with Crippen LogP contribution in [-0.2, 0) is 0 Å². The minimum Gasteiger partial charge on any atom is -0.316 e. The lowest BCUT2D eigenvalue weighted by atomic mass is 10.0. The van der Waals surface area contributed by atoms with E-state index in [1.165, 1.54) is 43.5 Å². The van der Waals surface area contributed by atoms with Crippen molar-refractivity contribution in [3.05, 3.63) is 231 Å². The summed E-state index contributed by atoms with van der Waals surface area (Å²) in [5.74, 6) is 1.92. The van der Waals surface area contributed by atoms with E-state index in [1.807, 2.05) is 60.7 Å². The number of aromatic nitrogens is 6. The molecule has 0 aliphatic carbocycles. The molecular formula is C59H38N6. The lowest BCUT2D eigenvalue weighted by Gasteiger charge is -2.12. The van der Waals surface area contributed by atoms with Crippen molar-refractivity contribution in [2.75, 3.05) is 0 Å². The second-order valence-electron chi connectivity index (χ2n) is 16.5. The van der Waals surface area contributed by atoms with Gasteiger partial charge in [-0.05, 0) is 83.9 Å². The molecule has 0 bridgehead atoms. The van der Waals surface area contributed by atoms with E-state index in [-0.39, 0.29) is 0 Å². The Morgan fingerprint density at radius 2 is 0.800 bits per heavy atom. The predicted molar refractivity (Wildman–Crippen MR) is 267 cm³/mol. The molecule has 0 aliphatic heterocycles. The van der Waals surface area contributed by atoms with Crippen LogP contribution in [0.25, 0.3) is 117 Å². The standard InChI is InChI=1S/C59H38N6/c1-5-16-40(17-6-1)57-60-58(41-18-7-2-8-19-41)62-59(61-57)43-21-15-20-42(36-43)39-28-30-46(31-29-39)65-55-38-54-50(47-26-13-14-27-53(47)64(54)45-24-11-4-12-25-45)37-51(55)48-32-33-52-49(56(48)65)34-35-63(52)44-22-9-3-10-23-44/h1-38H. The Hall–Kier alpha value is -8.87. The summed E-state index contributed by atoms with van der Waals surface area (Å²) in [5, 5.41) is 6.11. The number of benzene rings is 9. The molecule has 0 aliphatic rings. The third-order valence-corrected chi connectivity index (χ3v) is 12.7. The van der Waals surface area contributed by atoms with Crippen LogP contribution in [0.4, 0.5) is 0 Å². The number of fused-ring (bicyclic) bond motifs is 8. The predicted octanol–water partition coefficient (Wildman–Crippen LogP) is 14.7. The first kappa shape index (κ1) is 36.8. The summed E-state index contributed by atoms with van der Waals surface area (Å²) in [6.07, 6.45) is 2.20. The zero-order chi connectivity index (χ0) is 42.8. The van der Waals surface area contributed by atoms with Gasteiger partial charge in [-0.1, -0.05) is 152 Å². The maximum absolute atomic E-state index is 5.02. The number of hydrogen-bond donors (Lipinski definition) is 0. The first-order valence-corrected chi connectivity index (χ1v) is 21.9. The summed E-state index contributed by atoms with van der Waals surface area (Å²) in [6, 6.07) is 79.5. The quantitative estimate of drug-likeness (QED) is 0.161. The van der Waals surface area contributed by atoms with Gasteiger partial charge in [-0.15, -0.1) is 0 Å². The molecular weight excluding hydrogens is 793 g/mol. The van der Waals surface area contributed by atoms with Crippen LogP contribution < -0.4 is 0 Å². The zero-order valence-corrected chi connectivity index (χ0v) is 35.1. The molecule has 0 saturated heterocycles. The summed E-state index contributed by atoms with van der Waals surface area (Å²) >= 11 is 0. The molecule has 13 aromatic rings. The highest BCUT2D eigenvalue weighted by Crippen LogP contribution is 2.42. The van der Waals surface area contributed by atoms with E-state index in [4.69, 9.17) is 15.0 Å². The van der Waals surface area contributed by atoms with Crippen molar-refractivity contribution in [3.63, 3.8) is 0 Å². The van der Waals surface area contributed by atoms with Crippen molar-refractivity contribution in [3.8, 4) is 62.4 Å². The second-order valence-corrected chi connectivity index (χ2v) is 16.5. The van der Waals surface area contributed by atoms with E-state index in [0.717, 1.165) is 55.9 Å². The largest absolute Gasteiger partial charge is 0.316 e. The van der Waals surface area contributed by atoms with Crippen molar-refractivity contribution in [1.82, 2.24) is 28.7 Å². The highest BCUT2D eigenvalue weighted by Gasteiger charge is 2.21. The Kier molecular flexibility index (Phi) is 8.42. The molecule has 0 radical (unpaired) electrons. The monoisotopic (exact) mass is 830 g/mol. The average Bonchev–Trinajstić information content (AvgIpc) is 4.07. The van der Waals surface area contributed by atoms with Gasteiger partial charge in [-0.25, -0.2) is 15.0 Å². The number of hydrogen-bond acceptors (Lipinski definition) is 3. The third-order valence-electron chi connectivity index (χ3n) is 12.7. The Labute approximate surface area is 374 Å². The van der Waals surface area contributed by atoms with E-state index in [2.05, 4.69) is 184 Å². The zero-order valence-electron chi connectivity index (χ0n) is 35.1. The third kappa shape index (κ3) is 6.07. The van der Waals surface area contributed by atoms with Gasteiger partial charge in [0.05, 0.1) is 27.6 Å². The smallest absolute Gasteiger partial charge is 0.164 e. The summed E-state index contributed by atoms with van der Waals surface area (Å²) in [4.78, 5) is 14.9. The molecule has 0 atom stereocenters. The van der Waals surface area contributed by atoms with Gasteiger partial charge in [-0.2, -0.15) is 0 Å². The van der Waals surface area contributed by atoms with Gasteiger partial charge in [0.2, 0.25) is 0 Å². The second kappa shape index (κ2) is 14.9. The maximum atomic E-state index is 5.02. The van der Waals surface area contributed by atoms with Crippen LogP contribution in [0.2, 0.25) is 0 Å². The van der Waals surface area contributed by atoms with Crippen LogP contribution in [0.3, 0.4) is 0 Å². The molecule has 6 nitrogen and oxygen atoms in total. The molecule has 13 rings (SSSR count). The fraction of sp³-hybridized carbons (Fsp3) is 0. The van der Waals surface area contributed by atoms with Crippen LogP contribution in [-0.4, -0.2) is 28.7 Å². The Balaban J connectivity index is 0.991. The summed E-state index contributed by atoms with van der Waals surface area (Å²) in [7, 11) is 0. The summed E-state index contributed by atoms with van der Waals surface area (Å²) < 4.78 is 7.16. The van der Waals surface area contributed by atoms with Crippen LogP contribution in [0.15, 0.2) is 231 Å². The fourth-order valence-electron chi connectivity index (χ4n) is 9.70. The molecule has 0 fully saturated rings. The Bertz CT molecular complexity index is 3850. The van der Waals surface area contributed by atoms with E-state index in [0.29, 0.717) is 17.5 Å². The van der Waals surface area contributed by atoms with Gasteiger partial charge in [0, 0.05) is 66.9 Å². The van der Waals surface area contributed by atoms with Crippen molar-refractivity contribution in [1.29, 1.82) is 0 Å². The fourth-order valence-corrected chi connectivity index (χ4v) is 9.70. The molecule has 0 spiro atoms. The normalized spacial score (nSPS) is 11.7. The average molecular weight is 831 g/mol. The van der Waals surface area contributed by atoms with Crippen molar-refractivity contribution < 1.29 is 0 Å². The lowest BCUT2D eigenvalue weighted by Crippen LogP contribution is -2.00. The first-order chi connectivity index (χ1) is 32.2. The van der Waals surface area contributed by atoms with Gasteiger partial charge < -0.3 is 13.7 Å². The summed E-state index contributed by atoms with van der Waals surface area (Å²) in [5.41, 5.74) is 14.2. The van der Waals surface area contributed by atoms with Crippen LogP contribution in [0.5, 0.6) is 0 Å². The van der Waals surface area contributed by atoms with Gasteiger partial charge >= 0.3 is 0 Å². The molecule has 6 heteroatoms. The molecule has 0 unspecified atom stereocenters. The van der Waals surface area contributed by atoms with Crippen LogP contribution in [0.1, 0.15) is 0 Å². The molecule has 65 heavy (non-hydrogen) atoms. The maximum Gasteiger partial charge on any atom is 0.164 e. The molecule has 4 heterocycles. The lowest BCUT2D eigenvalue weighted by molar-refractivity contribution is 1.07. The van der Waals surface area contributed by atoms with Gasteiger partial charge in [0.25, 0.3) is 0 Å². The van der Waals surface area contributed by atoms with Gasteiger partial charge in [0.1, 0.15) is 0 Å². The minimum atomic E-state index is 0.632. The van der Waals surface area contributed by atoms with Crippen LogP contribution >= 0.6 is 0 Å². The molecule has 4 aromatic heterocycles. The Morgan fingerprint density at radius 1 is 0.262 bits per heavy atom. The topological polar surface area (TPSA) is 53.5 Å². The van der Waals surface area contributed by atoms with Crippen LogP contribution in [0, 0.1) is 0 Å². The van der Waals surface area contributed by atoms with Crippen molar-refractivity contribution in [2.24, 2.45) is 0 Å². The Morgan fingerprint density at radius 3 is 1.49 bits per heavy atom. The van der Waals surface area contributed by atoms with E-state index < -0.39 is 0 Å². The minimum absolute atomic E-state index is 0.632. The van der Waals surface area contributed by atoms with Crippen molar-refractivity contribution in [2.45, 2.75) is 0 Å². The van der Waals surface area contributed by atoms with E-state index in [9.17, 15) is 0 Å². The van der Waals surface area contributed by atoms with E-state index >= 15 is 0 Å². The molecule has 0 saturated carbocycles. The van der Waals surface area contributed by atoms with Gasteiger partial charge in [-0.3, -0.25) is 0 Å². The number of para-hydroxylation sites is 3. The SMILES string of the molecule is c1ccc(-c2nc(-c3ccccc3)nc(-c3cccc(-c4ccc(-n5c6cc7c(cc6c6ccc8c(ccn8-c8ccccc8)c65)c5ccccc5n7-c5ccccc5)cc4)c3)n2)cc1. The molecule has 0 amide bonds. The number of rotatable bonds is 7. The van der Waals surface area contributed by atoms with E-state index in [1.54, 1.807) is 0 Å². The molecule has 0 N–H and O–H groups in total. The number of nitrogens with zero attached hydrogens (tertiary/aromatic N) is 6. The molecule has 304 valence electrons. The summed E-state index contributed by atoms with van der Waals surface area (Å²) in [6.45, 7) is 0. The highest BCUT2D eigenvalue weighted by atomic mass is 15.0. The van der Waals surface area contributed by atoms with Gasteiger partial charge in [0.15, 0.2) is 17.5 Å². The molecule has 9 aromatic carbocycles.